The molecule has 0 spiro atoms. The number of carbonyl (C=O) groups is 1. The highest BCUT2D eigenvalue weighted by molar-refractivity contribution is 5.91. The first kappa shape index (κ1) is 15.6. The Bertz CT molecular complexity index is 667. The molecular formula is C20H25NO3. The zero-order chi connectivity index (χ0) is 16.5. The van der Waals surface area contributed by atoms with Crippen LogP contribution in [0.3, 0.4) is 0 Å². The lowest BCUT2D eigenvalue weighted by Crippen LogP contribution is -2.23. The molecule has 0 radical (unpaired) electrons. The normalized spacial score (nSPS) is 28.6. The van der Waals surface area contributed by atoms with E-state index in [1.807, 2.05) is 18.2 Å². The van der Waals surface area contributed by atoms with Crippen molar-refractivity contribution in [3.8, 4) is 11.5 Å². The number of ketones is 1. The molecule has 2 saturated carbocycles. The van der Waals surface area contributed by atoms with Crippen molar-refractivity contribution in [1.82, 2.24) is 0 Å². The second-order valence-corrected chi connectivity index (χ2v) is 7.31. The molecule has 2 fully saturated rings. The maximum Gasteiger partial charge on any atom is 0.163 e. The van der Waals surface area contributed by atoms with Crippen LogP contribution < -0.4 is 14.8 Å². The number of methoxy groups -OCH3 is 1. The van der Waals surface area contributed by atoms with Crippen LogP contribution in [-0.2, 0) is 4.79 Å². The molecule has 2 bridgehead atoms. The summed E-state index contributed by atoms with van der Waals surface area (Å²) < 4.78 is 11.8. The van der Waals surface area contributed by atoms with Gasteiger partial charge < -0.3 is 14.8 Å². The molecule has 0 amide bonds. The summed E-state index contributed by atoms with van der Waals surface area (Å²) in [6.45, 7) is 0. The Morgan fingerprint density at radius 1 is 1.12 bits per heavy atom. The van der Waals surface area contributed by atoms with Gasteiger partial charge in [0.2, 0.25) is 0 Å². The number of carbonyl (C=O) groups excluding carboxylic acids is 1. The van der Waals surface area contributed by atoms with E-state index in [1.165, 1.54) is 25.7 Å². The number of ether oxygens (including phenoxy) is 2. The predicted octanol–water partition coefficient (Wildman–Crippen LogP) is 4.31. The molecule has 0 aliphatic heterocycles. The third kappa shape index (κ3) is 3.14. The van der Waals surface area contributed by atoms with E-state index in [-0.39, 0.29) is 5.78 Å². The number of allylic oxidation sites excluding steroid dienone is 2. The Labute approximate surface area is 143 Å². The molecule has 4 nitrogen and oxygen atoms in total. The summed E-state index contributed by atoms with van der Waals surface area (Å²) in [5.41, 5.74) is 1.94. The van der Waals surface area contributed by atoms with Crippen LogP contribution in [0.25, 0.3) is 0 Å². The van der Waals surface area contributed by atoms with Gasteiger partial charge in [0.25, 0.3) is 0 Å². The van der Waals surface area contributed by atoms with Crippen molar-refractivity contribution in [1.29, 1.82) is 0 Å². The topological polar surface area (TPSA) is 47.6 Å². The van der Waals surface area contributed by atoms with Crippen molar-refractivity contribution < 1.29 is 14.3 Å². The molecule has 0 saturated heterocycles. The average molecular weight is 327 g/mol. The van der Waals surface area contributed by atoms with Crippen LogP contribution in [0.15, 0.2) is 30.0 Å². The number of nitrogens with one attached hydrogen (secondary N) is 1. The average Bonchev–Trinajstić information content (AvgIpc) is 3.18. The Morgan fingerprint density at radius 3 is 2.75 bits per heavy atom. The number of fused-ring (bicyclic) bond motifs is 2. The Morgan fingerprint density at radius 2 is 2.04 bits per heavy atom. The largest absolute Gasteiger partial charge is 0.493 e. The van der Waals surface area contributed by atoms with Crippen molar-refractivity contribution >= 4 is 11.5 Å². The Balaban J connectivity index is 1.51. The van der Waals surface area contributed by atoms with Crippen LogP contribution in [0.1, 0.15) is 44.9 Å². The quantitative estimate of drug-likeness (QED) is 0.875. The van der Waals surface area contributed by atoms with Gasteiger partial charge in [0.05, 0.1) is 7.11 Å². The van der Waals surface area contributed by atoms with Crippen molar-refractivity contribution in [2.75, 3.05) is 12.4 Å². The Kier molecular flexibility index (Phi) is 4.21. The highest BCUT2D eigenvalue weighted by Gasteiger charge is 2.41. The van der Waals surface area contributed by atoms with Crippen molar-refractivity contribution in [2.24, 2.45) is 11.8 Å². The van der Waals surface area contributed by atoms with Gasteiger partial charge in [0, 0.05) is 29.9 Å². The lowest BCUT2D eigenvalue weighted by molar-refractivity contribution is -0.115. The van der Waals surface area contributed by atoms with Crippen LogP contribution in [-0.4, -0.2) is 19.0 Å². The highest BCUT2D eigenvalue weighted by Crippen LogP contribution is 2.47. The molecule has 1 N–H and O–H groups in total. The zero-order valence-corrected chi connectivity index (χ0v) is 14.2. The standard InChI is InChI=1S/C20H25NO3/c1-23-18-8-7-16(21-15-3-2-4-17(22)11-15)12-20(18)24-19-10-13-5-6-14(19)9-13/h7-8,11-14,19,21H,2-6,9-10H2,1H3. The molecule has 24 heavy (non-hydrogen) atoms. The first-order valence-corrected chi connectivity index (χ1v) is 9.06. The molecule has 4 rings (SSSR count). The first-order chi connectivity index (χ1) is 11.7. The lowest BCUT2D eigenvalue weighted by Gasteiger charge is -2.24. The monoisotopic (exact) mass is 327 g/mol. The van der Waals surface area contributed by atoms with E-state index < -0.39 is 0 Å². The second-order valence-electron chi connectivity index (χ2n) is 7.31. The second kappa shape index (κ2) is 6.50. The molecule has 3 unspecified atom stereocenters. The summed E-state index contributed by atoms with van der Waals surface area (Å²) in [5.74, 6) is 3.34. The van der Waals surface area contributed by atoms with Gasteiger partial charge in [-0.2, -0.15) is 0 Å². The van der Waals surface area contributed by atoms with Gasteiger partial charge in [-0.05, 0) is 62.5 Å². The molecule has 0 heterocycles. The number of hydrogen-bond donors (Lipinski definition) is 1. The fraction of sp³-hybridized carbons (Fsp3) is 0.550. The number of hydrogen-bond acceptors (Lipinski definition) is 4. The van der Waals surface area contributed by atoms with E-state index >= 15 is 0 Å². The molecule has 1 aromatic rings. The lowest BCUT2D eigenvalue weighted by atomic mass is 9.98. The van der Waals surface area contributed by atoms with E-state index in [0.29, 0.717) is 18.4 Å². The van der Waals surface area contributed by atoms with E-state index in [2.05, 4.69) is 5.32 Å². The van der Waals surface area contributed by atoms with Crippen LogP contribution in [0, 0.1) is 11.8 Å². The summed E-state index contributed by atoms with van der Waals surface area (Å²) in [6.07, 6.45) is 9.70. The van der Waals surface area contributed by atoms with Gasteiger partial charge in [0.1, 0.15) is 6.10 Å². The molecule has 4 heteroatoms. The van der Waals surface area contributed by atoms with Crippen LogP contribution in [0.5, 0.6) is 11.5 Å². The predicted molar refractivity (Wildman–Crippen MR) is 93.4 cm³/mol. The smallest absolute Gasteiger partial charge is 0.163 e. The summed E-state index contributed by atoms with van der Waals surface area (Å²) in [5, 5.41) is 3.37. The SMILES string of the molecule is COc1ccc(NC2=CC(=O)CCC2)cc1OC1CC2CCC1C2. The van der Waals surface area contributed by atoms with Crippen molar-refractivity contribution in [2.45, 2.75) is 51.0 Å². The molecule has 128 valence electrons. The molecular weight excluding hydrogens is 302 g/mol. The maximum atomic E-state index is 11.6. The van der Waals surface area contributed by atoms with Gasteiger partial charge >= 0.3 is 0 Å². The maximum absolute atomic E-state index is 11.6. The van der Waals surface area contributed by atoms with E-state index in [9.17, 15) is 4.79 Å². The Hall–Kier alpha value is -1.97. The number of rotatable bonds is 5. The highest BCUT2D eigenvalue weighted by atomic mass is 16.5. The molecule has 3 atom stereocenters. The molecule has 1 aromatic carbocycles. The fourth-order valence-corrected chi connectivity index (χ4v) is 4.42. The molecule has 0 aromatic heterocycles. The van der Waals surface area contributed by atoms with Crippen molar-refractivity contribution in [3.05, 3.63) is 30.0 Å². The summed E-state index contributed by atoms with van der Waals surface area (Å²) in [6, 6.07) is 5.92. The first-order valence-electron chi connectivity index (χ1n) is 9.06. The minimum Gasteiger partial charge on any atom is -0.493 e. The van der Waals surface area contributed by atoms with Gasteiger partial charge in [-0.3, -0.25) is 4.79 Å². The van der Waals surface area contributed by atoms with Gasteiger partial charge in [-0.1, -0.05) is 0 Å². The van der Waals surface area contributed by atoms with E-state index in [1.54, 1.807) is 13.2 Å². The zero-order valence-electron chi connectivity index (χ0n) is 14.2. The van der Waals surface area contributed by atoms with Gasteiger partial charge in [-0.15, -0.1) is 0 Å². The van der Waals surface area contributed by atoms with Crippen LogP contribution in [0.4, 0.5) is 5.69 Å². The minimum atomic E-state index is 0.204. The fourth-order valence-electron chi connectivity index (χ4n) is 4.42. The van der Waals surface area contributed by atoms with Crippen LogP contribution >= 0.6 is 0 Å². The number of benzene rings is 1. The summed E-state index contributed by atoms with van der Waals surface area (Å²) in [4.78, 5) is 11.6. The number of anilines is 1. The van der Waals surface area contributed by atoms with E-state index in [4.69, 9.17) is 9.47 Å². The van der Waals surface area contributed by atoms with E-state index in [0.717, 1.165) is 41.6 Å². The summed E-state index contributed by atoms with van der Waals surface area (Å²) >= 11 is 0. The third-order valence-electron chi connectivity index (χ3n) is 5.62. The van der Waals surface area contributed by atoms with Gasteiger partial charge in [0.15, 0.2) is 17.3 Å². The molecule has 3 aliphatic rings. The molecule has 3 aliphatic carbocycles. The van der Waals surface area contributed by atoms with Crippen LogP contribution in [0.2, 0.25) is 0 Å². The van der Waals surface area contributed by atoms with Gasteiger partial charge in [-0.25, -0.2) is 0 Å². The summed E-state index contributed by atoms with van der Waals surface area (Å²) in [7, 11) is 1.68. The minimum absolute atomic E-state index is 0.204. The van der Waals surface area contributed by atoms with Crippen molar-refractivity contribution in [3.63, 3.8) is 0 Å². The third-order valence-corrected chi connectivity index (χ3v) is 5.62.